The van der Waals surface area contributed by atoms with Gasteiger partial charge in [-0.15, -0.1) is 0 Å². The average molecular weight is 548 g/mol. The van der Waals surface area contributed by atoms with E-state index in [1.165, 1.54) is 23.1 Å². The monoisotopic (exact) mass is 547 g/mol. The highest BCUT2D eigenvalue weighted by atomic mass is 19.1. The first-order chi connectivity index (χ1) is 19.1. The fraction of sp³-hybridized carbons (Fsp3) is 0.531. The Morgan fingerprint density at radius 3 is 2.52 bits per heavy atom. The molecule has 0 aliphatic carbocycles. The molecular weight excluding hydrogens is 505 g/mol. The molecule has 2 aliphatic rings. The Kier molecular flexibility index (Phi) is 8.26. The van der Waals surface area contributed by atoms with Gasteiger partial charge in [0.15, 0.2) is 0 Å². The normalized spacial score (nSPS) is 18.7. The van der Waals surface area contributed by atoms with Crippen LogP contribution in [0.1, 0.15) is 61.5 Å². The summed E-state index contributed by atoms with van der Waals surface area (Å²) in [5.74, 6) is 0.768. The molecule has 40 heavy (non-hydrogen) atoms. The number of aryl methyl sites for hydroxylation is 1. The molecule has 2 amide bonds. The predicted octanol–water partition coefficient (Wildman–Crippen LogP) is 5.08. The number of nitrogens with zero attached hydrogens (tertiary/aromatic N) is 5. The summed E-state index contributed by atoms with van der Waals surface area (Å²) in [6, 6.07) is 4.47. The van der Waals surface area contributed by atoms with E-state index in [4.69, 9.17) is 0 Å². The van der Waals surface area contributed by atoms with Crippen LogP contribution in [0.5, 0.6) is 0 Å². The number of benzene rings is 1. The van der Waals surface area contributed by atoms with E-state index in [9.17, 15) is 14.0 Å². The predicted molar refractivity (Wildman–Crippen MR) is 156 cm³/mol. The summed E-state index contributed by atoms with van der Waals surface area (Å²) >= 11 is 0. The first-order valence-corrected chi connectivity index (χ1v) is 14.6. The molecule has 7 nitrogen and oxygen atoms in total. The van der Waals surface area contributed by atoms with Crippen LogP contribution in [-0.2, 0) is 11.2 Å². The number of pyridine rings is 1. The highest BCUT2D eigenvalue weighted by Gasteiger charge is 2.29. The zero-order valence-electron chi connectivity index (χ0n) is 24.5. The van der Waals surface area contributed by atoms with Gasteiger partial charge in [-0.3, -0.25) is 14.6 Å². The third-order valence-corrected chi connectivity index (χ3v) is 8.98. The Labute approximate surface area is 236 Å². The van der Waals surface area contributed by atoms with Gasteiger partial charge in [0.25, 0.3) is 5.91 Å². The lowest BCUT2D eigenvalue weighted by atomic mass is 9.96. The molecule has 8 heteroatoms. The number of hydrogen-bond donors (Lipinski definition) is 0. The van der Waals surface area contributed by atoms with E-state index in [0.29, 0.717) is 23.1 Å². The van der Waals surface area contributed by atoms with Gasteiger partial charge in [-0.05, 0) is 94.2 Å². The van der Waals surface area contributed by atoms with Crippen molar-refractivity contribution in [2.75, 3.05) is 39.8 Å². The standard InChI is InChI=1S/C32H42FN5O2/c1-21(2)35(5)32(40)28-15-27(33)6-7-29(28)38-20-26(31-22(3)16-34-17-30(31)38)14-25-8-11-36(19-25)18-24-9-12-37(13-10-24)23(4)39/h6-7,15-17,20-21,24-25H,8-14,18-19H2,1-5H3. The lowest BCUT2D eigenvalue weighted by Crippen LogP contribution is -2.40. The molecule has 214 valence electrons. The van der Waals surface area contributed by atoms with Crippen LogP contribution in [0.4, 0.5) is 4.39 Å². The van der Waals surface area contributed by atoms with Gasteiger partial charge in [0, 0.05) is 64.0 Å². The summed E-state index contributed by atoms with van der Waals surface area (Å²) < 4.78 is 16.4. The Morgan fingerprint density at radius 2 is 1.82 bits per heavy atom. The van der Waals surface area contributed by atoms with Crippen LogP contribution < -0.4 is 0 Å². The molecule has 0 spiro atoms. The van der Waals surface area contributed by atoms with Crippen molar-refractivity contribution in [3.05, 3.63) is 59.3 Å². The van der Waals surface area contributed by atoms with Gasteiger partial charge < -0.3 is 19.3 Å². The van der Waals surface area contributed by atoms with Crippen LogP contribution in [0.15, 0.2) is 36.8 Å². The van der Waals surface area contributed by atoms with Gasteiger partial charge in [-0.1, -0.05) is 0 Å². The number of piperidine rings is 1. The summed E-state index contributed by atoms with van der Waals surface area (Å²) in [4.78, 5) is 35.7. The largest absolute Gasteiger partial charge is 0.343 e. The molecule has 3 aromatic rings. The first kappa shape index (κ1) is 28.3. The Bertz CT molecular complexity index is 1390. The number of likely N-dealkylation sites (tertiary alicyclic amines) is 2. The van der Waals surface area contributed by atoms with E-state index in [-0.39, 0.29) is 17.9 Å². The zero-order chi connectivity index (χ0) is 28.6. The van der Waals surface area contributed by atoms with Crippen molar-refractivity contribution in [1.29, 1.82) is 0 Å². The topological polar surface area (TPSA) is 61.7 Å². The Morgan fingerprint density at radius 1 is 1.10 bits per heavy atom. The highest BCUT2D eigenvalue weighted by Crippen LogP contribution is 2.33. The van der Waals surface area contributed by atoms with Crippen molar-refractivity contribution < 1.29 is 14.0 Å². The zero-order valence-corrected chi connectivity index (χ0v) is 24.5. The lowest BCUT2D eigenvalue weighted by molar-refractivity contribution is -0.130. The maximum Gasteiger partial charge on any atom is 0.256 e. The van der Waals surface area contributed by atoms with Crippen LogP contribution in [0.3, 0.4) is 0 Å². The van der Waals surface area contributed by atoms with Gasteiger partial charge in [-0.2, -0.15) is 0 Å². The van der Waals surface area contributed by atoms with Crippen molar-refractivity contribution in [2.24, 2.45) is 11.8 Å². The second kappa shape index (κ2) is 11.7. The number of hydrogen-bond acceptors (Lipinski definition) is 4. The van der Waals surface area contributed by atoms with Gasteiger partial charge in [0.1, 0.15) is 5.82 Å². The molecule has 1 unspecified atom stereocenters. The highest BCUT2D eigenvalue weighted by molar-refractivity contribution is 5.99. The summed E-state index contributed by atoms with van der Waals surface area (Å²) in [6.07, 6.45) is 10.2. The molecule has 2 saturated heterocycles. The Balaban J connectivity index is 1.38. The number of rotatable bonds is 7. The average Bonchev–Trinajstić information content (AvgIpc) is 3.53. The second-order valence-corrected chi connectivity index (χ2v) is 12.1. The van der Waals surface area contributed by atoms with Crippen molar-refractivity contribution in [3.8, 4) is 5.69 Å². The van der Waals surface area contributed by atoms with Gasteiger partial charge >= 0.3 is 0 Å². The van der Waals surface area contributed by atoms with E-state index < -0.39 is 5.82 Å². The van der Waals surface area contributed by atoms with E-state index in [1.807, 2.05) is 35.7 Å². The minimum absolute atomic E-state index is 0.00325. The van der Waals surface area contributed by atoms with Gasteiger partial charge in [0.05, 0.1) is 23.0 Å². The quantitative estimate of drug-likeness (QED) is 0.414. The van der Waals surface area contributed by atoms with Crippen molar-refractivity contribution in [3.63, 3.8) is 0 Å². The molecule has 1 aromatic carbocycles. The van der Waals surface area contributed by atoms with E-state index in [1.54, 1.807) is 24.9 Å². The third-order valence-electron chi connectivity index (χ3n) is 8.98. The van der Waals surface area contributed by atoms with Crippen LogP contribution >= 0.6 is 0 Å². The summed E-state index contributed by atoms with van der Waals surface area (Å²) in [5.41, 5.74) is 4.32. The summed E-state index contributed by atoms with van der Waals surface area (Å²) in [7, 11) is 1.76. The number of aromatic nitrogens is 2. The fourth-order valence-electron chi connectivity index (χ4n) is 6.46. The molecule has 0 saturated carbocycles. The first-order valence-electron chi connectivity index (χ1n) is 14.6. The molecule has 2 aromatic heterocycles. The molecule has 0 bridgehead atoms. The maximum atomic E-state index is 14.4. The van der Waals surface area contributed by atoms with Gasteiger partial charge in [0.2, 0.25) is 5.91 Å². The number of carbonyl (C=O) groups excluding carboxylic acids is 2. The second-order valence-electron chi connectivity index (χ2n) is 12.1. The molecule has 2 fully saturated rings. The van der Waals surface area contributed by atoms with Gasteiger partial charge in [-0.25, -0.2) is 4.39 Å². The van der Waals surface area contributed by atoms with Crippen LogP contribution in [-0.4, -0.2) is 81.9 Å². The minimum atomic E-state index is -0.423. The van der Waals surface area contributed by atoms with E-state index in [0.717, 1.165) is 69.5 Å². The molecular formula is C32H42FN5O2. The maximum absolute atomic E-state index is 14.4. The molecule has 4 heterocycles. The van der Waals surface area contributed by atoms with Crippen molar-refractivity contribution in [1.82, 2.24) is 24.3 Å². The van der Waals surface area contributed by atoms with Crippen molar-refractivity contribution >= 4 is 22.7 Å². The van der Waals surface area contributed by atoms with E-state index in [2.05, 4.69) is 23.0 Å². The summed E-state index contributed by atoms with van der Waals surface area (Å²) in [5, 5.41) is 1.17. The summed E-state index contributed by atoms with van der Waals surface area (Å²) in [6.45, 7) is 12.7. The molecule has 0 N–H and O–H groups in total. The van der Waals surface area contributed by atoms with Crippen LogP contribution in [0.2, 0.25) is 0 Å². The molecule has 1 atom stereocenters. The molecule has 5 rings (SSSR count). The lowest BCUT2D eigenvalue weighted by Gasteiger charge is -2.33. The number of carbonyl (C=O) groups is 2. The fourth-order valence-corrected chi connectivity index (χ4v) is 6.46. The van der Waals surface area contributed by atoms with Crippen LogP contribution in [0.25, 0.3) is 16.6 Å². The SMILES string of the molecule is CC(=O)N1CCC(CN2CCC(Cc3cn(-c4ccc(F)cc4C(=O)N(C)C(C)C)c4cncc(C)c34)C2)CC1. The molecule has 2 aliphatic heterocycles. The smallest absolute Gasteiger partial charge is 0.256 e. The minimum Gasteiger partial charge on any atom is -0.343 e. The number of amides is 2. The van der Waals surface area contributed by atoms with Crippen LogP contribution in [0, 0.1) is 24.6 Å². The Hall–Kier alpha value is -3.26. The number of fused-ring (bicyclic) bond motifs is 1. The number of halogens is 1. The van der Waals surface area contributed by atoms with E-state index >= 15 is 0 Å². The third kappa shape index (κ3) is 5.78. The van der Waals surface area contributed by atoms with Crippen molar-refractivity contribution in [2.45, 2.75) is 59.4 Å². The molecule has 0 radical (unpaired) electrons.